The smallest absolute Gasteiger partial charge is 0.233 e. The van der Waals surface area contributed by atoms with Crippen LogP contribution in [-0.4, -0.2) is 59.7 Å². The molecule has 3 fully saturated rings. The molecule has 0 unspecified atom stereocenters. The van der Waals surface area contributed by atoms with Crippen molar-refractivity contribution in [2.45, 2.75) is 76.5 Å². The molecular formula is C14H25O7P. The zero-order valence-corrected chi connectivity index (χ0v) is 14.5. The van der Waals surface area contributed by atoms with Crippen LogP contribution in [0.25, 0.3) is 0 Å². The molecule has 0 aromatic rings. The predicted molar refractivity (Wildman–Crippen MR) is 77.8 cm³/mol. The zero-order valence-electron chi connectivity index (χ0n) is 13.6. The Bertz CT molecular complexity index is 492. The number of aliphatic hydroxyl groups excluding tert-OH is 1. The Kier molecular flexibility index (Phi) is 4.01. The Morgan fingerprint density at radius 2 is 1.68 bits per heavy atom. The van der Waals surface area contributed by atoms with Crippen molar-refractivity contribution in [3.63, 3.8) is 0 Å². The molecule has 0 saturated carbocycles. The van der Waals surface area contributed by atoms with Crippen molar-refractivity contribution in [3.8, 4) is 0 Å². The first-order chi connectivity index (χ1) is 10.1. The standard InChI is InChI=1S/C14H25O7P/c1-6-22(16)12(15)11-10(19-14(4,5)20-11)9(21-22)8-7-17-13(2,3)18-8/h8-12,15H,6-7H2,1-5H3/t8-,9-,10+,11+,12-,22-/m1/s1. The van der Waals surface area contributed by atoms with Gasteiger partial charge < -0.3 is 28.6 Å². The second-order valence-corrected chi connectivity index (χ2v) is 9.78. The summed E-state index contributed by atoms with van der Waals surface area (Å²) < 4.78 is 41.8. The van der Waals surface area contributed by atoms with Gasteiger partial charge in [-0.25, -0.2) is 0 Å². The van der Waals surface area contributed by atoms with E-state index in [1.165, 1.54) is 0 Å². The molecule has 0 aromatic heterocycles. The number of fused-ring (bicyclic) bond motifs is 1. The van der Waals surface area contributed by atoms with Gasteiger partial charge in [0.15, 0.2) is 17.4 Å². The average molecular weight is 336 g/mol. The third-order valence-electron chi connectivity index (χ3n) is 4.32. The summed E-state index contributed by atoms with van der Waals surface area (Å²) in [5.74, 6) is -2.77. The van der Waals surface area contributed by atoms with Crippen molar-refractivity contribution in [1.29, 1.82) is 0 Å². The molecule has 3 aliphatic heterocycles. The van der Waals surface area contributed by atoms with Gasteiger partial charge >= 0.3 is 0 Å². The summed E-state index contributed by atoms with van der Waals surface area (Å²) in [6, 6.07) is 0. The molecule has 3 heterocycles. The van der Waals surface area contributed by atoms with Crippen LogP contribution in [0.15, 0.2) is 0 Å². The lowest BCUT2D eigenvalue weighted by atomic mass is 10.0. The van der Waals surface area contributed by atoms with E-state index in [1.807, 2.05) is 13.8 Å². The molecule has 0 aliphatic carbocycles. The van der Waals surface area contributed by atoms with Crippen molar-refractivity contribution < 1.29 is 33.1 Å². The van der Waals surface area contributed by atoms with Crippen LogP contribution in [0.2, 0.25) is 0 Å². The molecule has 0 bridgehead atoms. The third kappa shape index (κ3) is 2.77. The first kappa shape index (κ1) is 16.8. The van der Waals surface area contributed by atoms with Gasteiger partial charge in [0.2, 0.25) is 7.37 Å². The van der Waals surface area contributed by atoms with E-state index in [0.717, 1.165) is 0 Å². The van der Waals surface area contributed by atoms with Crippen LogP contribution in [0.1, 0.15) is 34.6 Å². The van der Waals surface area contributed by atoms with Crippen LogP contribution in [0.3, 0.4) is 0 Å². The summed E-state index contributed by atoms with van der Waals surface area (Å²) in [5.41, 5.74) is 0. The van der Waals surface area contributed by atoms with Crippen molar-refractivity contribution in [2.24, 2.45) is 0 Å². The minimum atomic E-state index is -3.25. The van der Waals surface area contributed by atoms with Gasteiger partial charge in [-0.3, -0.25) is 4.57 Å². The van der Waals surface area contributed by atoms with E-state index in [1.54, 1.807) is 20.8 Å². The fraction of sp³-hybridized carbons (Fsp3) is 1.00. The monoisotopic (exact) mass is 336 g/mol. The Labute approximate surface area is 130 Å². The van der Waals surface area contributed by atoms with E-state index in [0.29, 0.717) is 6.61 Å². The number of aliphatic hydroxyl groups is 1. The second kappa shape index (κ2) is 5.24. The van der Waals surface area contributed by atoms with Gasteiger partial charge in [0, 0.05) is 6.16 Å². The molecule has 8 heteroatoms. The first-order valence-electron chi connectivity index (χ1n) is 7.69. The van der Waals surface area contributed by atoms with Crippen molar-refractivity contribution >= 4 is 7.37 Å². The fourth-order valence-electron chi connectivity index (χ4n) is 3.27. The Morgan fingerprint density at radius 3 is 2.23 bits per heavy atom. The molecular weight excluding hydrogens is 311 g/mol. The quantitative estimate of drug-likeness (QED) is 0.768. The molecule has 3 rings (SSSR count). The zero-order chi connectivity index (χ0) is 16.3. The van der Waals surface area contributed by atoms with Crippen LogP contribution in [0.5, 0.6) is 0 Å². The second-order valence-electron chi connectivity index (χ2n) is 6.96. The maximum Gasteiger partial charge on any atom is 0.233 e. The largest absolute Gasteiger partial charge is 0.380 e. The molecule has 6 atom stereocenters. The highest BCUT2D eigenvalue weighted by molar-refractivity contribution is 7.59. The lowest BCUT2D eigenvalue weighted by Crippen LogP contribution is -2.54. The van der Waals surface area contributed by atoms with Gasteiger partial charge in [0.25, 0.3) is 0 Å². The minimum Gasteiger partial charge on any atom is -0.380 e. The summed E-state index contributed by atoms with van der Waals surface area (Å²) in [4.78, 5) is 0. The number of hydrogen-bond donors (Lipinski definition) is 1. The number of rotatable bonds is 2. The Morgan fingerprint density at radius 1 is 1.05 bits per heavy atom. The minimum absolute atomic E-state index is 0.231. The highest BCUT2D eigenvalue weighted by atomic mass is 31.2. The van der Waals surface area contributed by atoms with E-state index < -0.39 is 49.2 Å². The maximum atomic E-state index is 12.9. The predicted octanol–water partition coefficient (Wildman–Crippen LogP) is 1.67. The molecule has 3 aliphatic rings. The molecule has 0 spiro atoms. The van der Waals surface area contributed by atoms with E-state index in [2.05, 4.69) is 0 Å². The average Bonchev–Trinajstić information content (AvgIpc) is 2.93. The molecule has 0 radical (unpaired) electrons. The summed E-state index contributed by atoms with van der Waals surface area (Å²) in [5, 5.41) is 10.4. The SMILES string of the molecule is CC[P@@]1(=O)O[C@H]([C@H]2COC(C)(C)O2)[C@@H]2OC(C)(C)O[C@@H]2[C@@H]1O. The molecule has 3 saturated heterocycles. The van der Waals surface area contributed by atoms with E-state index in [-0.39, 0.29) is 6.16 Å². The summed E-state index contributed by atoms with van der Waals surface area (Å²) in [7, 11) is -3.25. The lowest BCUT2D eigenvalue weighted by molar-refractivity contribution is -0.174. The molecule has 0 aromatic carbocycles. The van der Waals surface area contributed by atoms with Gasteiger partial charge in [0.1, 0.15) is 24.4 Å². The Balaban J connectivity index is 1.90. The van der Waals surface area contributed by atoms with Crippen LogP contribution in [0.4, 0.5) is 0 Å². The highest BCUT2D eigenvalue weighted by Gasteiger charge is 2.61. The fourth-order valence-corrected chi connectivity index (χ4v) is 5.27. The van der Waals surface area contributed by atoms with Gasteiger partial charge in [-0.15, -0.1) is 0 Å². The maximum absolute atomic E-state index is 12.9. The summed E-state index contributed by atoms with van der Waals surface area (Å²) in [6.45, 7) is 9.22. The van der Waals surface area contributed by atoms with Crippen molar-refractivity contribution in [2.75, 3.05) is 12.8 Å². The molecule has 22 heavy (non-hydrogen) atoms. The van der Waals surface area contributed by atoms with Crippen molar-refractivity contribution in [1.82, 2.24) is 0 Å². The highest BCUT2D eigenvalue weighted by Crippen LogP contribution is 2.60. The normalized spacial score (nSPS) is 50.0. The lowest BCUT2D eigenvalue weighted by Gasteiger charge is -2.41. The molecule has 7 nitrogen and oxygen atoms in total. The number of ether oxygens (including phenoxy) is 4. The van der Waals surface area contributed by atoms with E-state index in [4.69, 9.17) is 23.5 Å². The van der Waals surface area contributed by atoms with E-state index in [9.17, 15) is 9.67 Å². The van der Waals surface area contributed by atoms with Crippen LogP contribution >= 0.6 is 7.37 Å². The van der Waals surface area contributed by atoms with Gasteiger partial charge in [-0.1, -0.05) is 6.92 Å². The van der Waals surface area contributed by atoms with Crippen LogP contribution < -0.4 is 0 Å². The van der Waals surface area contributed by atoms with Crippen LogP contribution in [-0.2, 0) is 28.0 Å². The molecule has 128 valence electrons. The van der Waals surface area contributed by atoms with Gasteiger partial charge in [0.05, 0.1) is 6.61 Å². The summed E-state index contributed by atoms with van der Waals surface area (Å²) in [6.07, 6.45) is -2.00. The third-order valence-corrected chi connectivity index (χ3v) is 6.90. The van der Waals surface area contributed by atoms with Gasteiger partial charge in [-0.05, 0) is 27.7 Å². The molecule has 0 amide bonds. The van der Waals surface area contributed by atoms with Gasteiger partial charge in [-0.2, -0.15) is 0 Å². The topological polar surface area (TPSA) is 83.5 Å². The number of hydrogen-bond acceptors (Lipinski definition) is 7. The Hall–Kier alpha value is -0.0100. The van der Waals surface area contributed by atoms with E-state index >= 15 is 0 Å². The van der Waals surface area contributed by atoms with Crippen LogP contribution in [0, 0.1) is 0 Å². The summed E-state index contributed by atoms with van der Waals surface area (Å²) >= 11 is 0. The molecule has 1 N–H and O–H groups in total. The van der Waals surface area contributed by atoms with Crippen molar-refractivity contribution in [3.05, 3.63) is 0 Å². The first-order valence-corrected chi connectivity index (χ1v) is 9.57.